The quantitative estimate of drug-likeness (QED) is 0.623. The van der Waals surface area contributed by atoms with E-state index in [0.29, 0.717) is 0 Å². The molecule has 1 atom stereocenters. The van der Waals surface area contributed by atoms with Gasteiger partial charge in [0, 0.05) is 10.6 Å². The first-order chi connectivity index (χ1) is 7.06. The lowest BCUT2D eigenvalue weighted by atomic mass is 10.1. The summed E-state index contributed by atoms with van der Waals surface area (Å²) in [4.78, 5) is 0. The van der Waals surface area contributed by atoms with E-state index in [4.69, 9.17) is 17.4 Å². The lowest BCUT2D eigenvalue weighted by Gasteiger charge is -2.15. The fourth-order valence-electron chi connectivity index (χ4n) is 1.17. The second kappa shape index (κ2) is 5.34. The van der Waals surface area contributed by atoms with E-state index >= 15 is 0 Å². The fraction of sp³-hybridized carbons (Fsp3) is 0.333. The molecule has 1 aromatic rings. The smallest absolute Gasteiger partial charge is 0.255 e. The Morgan fingerprint density at radius 3 is 2.53 bits per heavy atom. The van der Waals surface area contributed by atoms with Crippen LogP contribution in [0.5, 0.6) is 0 Å². The van der Waals surface area contributed by atoms with Gasteiger partial charge in [-0.1, -0.05) is 17.7 Å². The molecule has 0 saturated carbocycles. The minimum Gasteiger partial charge on any atom is -0.271 e. The molecule has 1 rings (SSSR count). The third-order valence-corrected chi connectivity index (χ3v) is 2.36. The van der Waals surface area contributed by atoms with Crippen molar-refractivity contribution < 1.29 is 13.2 Å². The monoisotopic (exact) mass is 238 g/mol. The fourth-order valence-corrected chi connectivity index (χ4v) is 1.41. The first kappa shape index (κ1) is 12.3. The Bertz CT molecular complexity index is 313. The number of hydrogen-bond donors (Lipinski definition) is 2. The summed E-state index contributed by atoms with van der Waals surface area (Å²) < 4.78 is 37.9. The molecule has 0 saturated heterocycles. The molecule has 15 heavy (non-hydrogen) atoms. The first-order valence-electron chi connectivity index (χ1n) is 4.23. The summed E-state index contributed by atoms with van der Waals surface area (Å²) in [5, 5.41) is 0.121. The van der Waals surface area contributed by atoms with E-state index in [9.17, 15) is 13.2 Å². The molecule has 1 aromatic carbocycles. The van der Waals surface area contributed by atoms with Crippen molar-refractivity contribution >= 4 is 11.6 Å². The van der Waals surface area contributed by atoms with Crippen LogP contribution in [0.1, 0.15) is 5.56 Å². The van der Waals surface area contributed by atoms with Gasteiger partial charge < -0.3 is 0 Å². The largest absolute Gasteiger partial charge is 0.271 e. The second-order valence-corrected chi connectivity index (χ2v) is 3.42. The van der Waals surface area contributed by atoms with Crippen molar-refractivity contribution in [3.05, 3.63) is 34.6 Å². The number of alkyl halides is 2. The molecule has 0 aromatic heterocycles. The number of rotatable bonds is 4. The topological polar surface area (TPSA) is 38.0 Å². The molecule has 2 nitrogen and oxygen atoms in total. The summed E-state index contributed by atoms with van der Waals surface area (Å²) in [6, 6.07) is 2.72. The number of nitrogens with one attached hydrogen (secondary N) is 1. The van der Waals surface area contributed by atoms with Crippen LogP contribution in [0.2, 0.25) is 5.02 Å². The molecule has 0 aliphatic heterocycles. The molecule has 0 heterocycles. The third kappa shape index (κ3) is 3.09. The minimum atomic E-state index is -2.68. The van der Waals surface area contributed by atoms with Gasteiger partial charge in [-0.3, -0.25) is 11.3 Å². The van der Waals surface area contributed by atoms with Crippen molar-refractivity contribution in [2.45, 2.75) is 18.9 Å². The number of hydrazine groups is 1. The predicted molar refractivity (Wildman–Crippen MR) is 52.2 cm³/mol. The Balaban J connectivity index is 2.87. The minimum absolute atomic E-state index is 0.0439. The van der Waals surface area contributed by atoms with Crippen LogP contribution in [0, 0.1) is 5.82 Å². The zero-order chi connectivity index (χ0) is 11.4. The summed E-state index contributed by atoms with van der Waals surface area (Å²) in [5.41, 5.74) is 1.97. The molecule has 6 heteroatoms. The van der Waals surface area contributed by atoms with E-state index in [-0.39, 0.29) is 17.0 Å². The van der Waals surface area contributed by atoms with Gasteiger partial charge in [0.25, 0.3) is 6.43 Å². The Hall–Kier alpha value is -0.780. The van der Waals surface area contributed by atoms with Gasteiger partial charge in [0.05, 0.1) is 6.04 Å². The van der Waals surface area contributed by atoms with Gasteiger partial charge in [-0.05, 0) is 18.6 Å². The molecule has 0 spiro atoms. The van der Waals surface area contributed by atoms with Gasteiger partial charge in [-0.15, -0.1) is 0 Å². The summed E-state index contributed by atoms with van der Waals surface area (Å²) in [6.45, 7) is 0. The van der Waals surface area contributed by atoms with Crippen LogP contribution in [-0.2, 0) is 6.42 Å². The third-order valence-electron chi connectivity index (χ3n) is 2.00. The molecule has 0 aliphatic rings. The van der Waals surface area contributed by atoms with Crippen LogP contribution in [0.3, 0.4) is 0 Å². The van der Waals surface area contributed by atoms with Crippen molar-refractivity contribution in [3.8, 4) is 0 Å². The zero-order valence-electron chi connectivity index (χ0n) is 7.68. The molecule has 1 unspecified atom stereocenters. The molecule has 0 amide bonds. The van der Waals surface area contributed by atoms with Gasteiger partial charge in [-0.25, -0.2) is 13.2 Å². The molecule has 0 bridgehead atoms. The molecule has 3 N–H and O–H groups in total. The maximum atomic E-state index is 13.2. The number of halogens is 4. The van der Waals surface area contributed by atoms with Gasteiger partial charge in [0.15, 0.2) is 0 Å². The highest BCUT2D eigenvalue weighted by Crippen LogP contribution is 2.21. The summed E-state index contributed by atoms with van der Waals surface area (Å²) in [5.74, 6) is 4.32. The standard InChI is InChI=1S/C9H10ClF3N2/c10-6-2-1-3-7(11)5(6)4-8(15-14)9(12)13/h1-3,8-9,15H,4,14H2. The summed E-state index contributed by atoms with van der Waals surface area (Å²) in [6.07, 6.45) is -2.93. The van der Waals surface area contributed by atoms with Crippen molar-refractivity contribution in [2.24, 2.45) is 5.84 Å². The first-order valence-corrected chi connectivity index (χ1v) is 4.61. The van der Waals surface area contributed by atoms with Crippen molar-refractivity contribution in [1.82, 2.24) is 5.43 Å². The summed E-state index contributed by atoms with van der Waals surface area (Å²) >= 11 is 5.68. The zero-order valence-corrected chi connectivity index (χ0v) is 8.44. The van der Waals surface area contributed by atoms with Crippen molar-refractivity contribution in [1.29, 1.82) is 0 Å². The highest BCUT2D eigenvalue weighted by Gasteiger charge is 2.21. The normalized spacial score (nSPS) is 13.2. The van der Waals surface area contributed by atoms with E-state index in [2.05, 4.69) is 0 Å². The molecule has 0 aliphatic carbocycles. The van der Waals surface area contributed by atoms with Crippen molar-refractivity contribution in [3.63, 3.8) is 0 Å². The highest BCUT2D eigenvalue weighted by molar-refractivity contribution is 6.31. The lowest BCUT2D eigenvalue weighted by Crippen LogP contribution is -2.42. The maximum absolute atomic E-state index is 13.2. The van der Waals surface area contributed by atoms with Gasteiger partial charge in [0.2, 0.25) is 0 Å². The van der Waals surface area contributed by atoms with E-state index in [1.165, 1.54) is 18.2 Å². The van der Waals surface area contributed by atoms with E-state index in [1.54, 1.807) is 0 Å². The second-order valence-electron chi connectivity index (χ2n) is 3.01. The SMILES string of the molecule is NNC(Cc1c(F)cccc1Cl)C(F)F. The number of benzene rings is 1. The van der Waals surface area contributed by atoms with Gasteiger partial charge in [-0.2, -0.15) is 0 Å². The van der Waals surface area contributed by atoms with Gasteiger partial charge >= 0.3 is 0 Å². The molecule has 0 radical (unpaired) electrons. The van der Waals surface area contributed by atoms with Crippen LogP contribution < -0.4 is 11.3 Å². The van der Waals surface area contributed by atoms with Crippen LogP contribution in [0.4, 0.5) is 13.2 Å². The Morgan fingerprint density at radius 1 is 1.40 bits per heavy atom. The van der Waals surface area contributed by atoms with Gasteiger partial charge in [0.1, 0.15) is 5.82 Å². The Labute approximate surface area is 90.2 Å². The maximum Gasteiger partial charge on any atom is 0.255 e. The van der Waals surface area contributed by atoms with Crippen LogP contribution >= 0.6 is 11.6 Å². The summed E-state index contributed by atoms with van der Waals surface area (Å²) in [7, 11) is 0. The van der Waals surface area contributed by atoms with Crippen molar-refractivity contribution in [2.75, 3.05) is 0 Å². The number of nitrogens with two attached hydrogens (primary N) is 1. The van der Waals surface area contributed by atoms with E-state index in [1.807, 2.05) is 5.43 Å². The Morgan fingerprint density at radius 2 is 2.07 bits per heavy atom. The average Bonchev–Trinajstić information content (AvgIpc) is 2.17. The molecular formula is C9H10ClF3N2. The molecule has 0 fully saturated rings. The molecule has 84 valence electrons. The predicted octanol–water partition coefficient (Wildman–Crippen LogP) is 2.12. The van der Waals surface area contributed by atoms with Crippen LogP contribution in [0.15, 0.2) is 18.2 Å². The number of hydrogen-bond acceptors (Lipinski definition) is 2. The Kier molecular flexibility index (Phi) is 4.38. The van der Waals surface area contributed by atoms with E-state index < -0.39 is 18.3 Å². The molecular weight excluding hydrogens is 229 g/mol. The van der Waals surface area contributed by atoms with Crippen LogP contribution in [0.25, 0.3) is 0 Å². The van der Waals surface area contributed by atoms with E-state index in [0.717, 1.165) is 0 Å². The highest BCUT2D eigenvalue weighted by atomic mass is 35.5. The average molecular weight is 239 g/mol. The van der Waals surface area contributed by atoms with Crippen LogP contribution in [-0.4, -0.2) is 12.5 Å². The lowest BCUT2D eigenvalue weighted by molar-refractivity contribution is 0.0981.